The van der Waals surface area contributed by atoms with Crippen LogP contribution in [0, 0.1) is 0 Å². The second-order valence-electron chi connectivity index (χ2n) is 4.83. The normalized spacial score (nSPS) is 17.9. The fraction of sp³-hybridized carbons (Fsp3) is 0.188. The zero-order valence-electron chi connectivity index (χ0n) is 11.7. The van der Waals surface area contributed by atoms with Gasteiger partial charge >= 0.3 is 6.09 Å². The minimum atomic E-state index is -0.588. The maximum absolute atomic E-state index is 12.3. The molecule has 0 bridgehead atoms. The number of hydrogen-bond donors (Lipinski definition) is 0. The Bertz CT molecular complexity index is 683. The van der Waals surface area contributed by atoms with Gasteiger partial charge in [-0.15, -0.1) is 11.3 Å². The first-order chi connectivity index (χ1) is 10.7. The molecule has 0 saturated carbocycles. The van der Waals surface area contributed by atoms with E-state index in [2.05, 4.69) is 4.98 Å². The Morgan fingerprint density at radius 3 is 2.95 bits per heavy atom. The number of thiazole rings is 1. The van der Waals surface area contributed by atoms with E-state index in [1.165, 1.54) is 22.3 Å². The summed E-state index contributed by atoms with van der Waals surface area (Å²) in [5.41, 5.74) is 1.06. The zero-order valence-corrected chi connectivity index (χ0v) is 12.5. The Morgan fingerprint density at radius 1 is 1.41 bits per heavy atom. The molecular weight excluding hydrogens is 300 g/mol. The van der Waals surface area contributed by atoms with Gasteiger partial charge in [0.15, 0.2) is 0 Å². The Labute approximate surface area is 131 Å². The van der Waals surface area contributed by atoms with Crippen molar-refractivity contribution >= 4 is 29.4 Å². The highest BCUT2D eigenvalue weighted by Crippen LogP contribution is 2.18. The van der Waals surface area contributed by atoms with Crippen LogP contribution in [0.5, 0.6) is 0 Å². The number of imide groups is 1. The van der Waals surface area contributed by atoms with Crippen LogP contribution in [0.1, 0.15) is 10.6 Å². The number of rotatable bonds is 4. The number of aromatic nitrogens is 1. The molecule has 0 radical (unpaired) electrons. The van der Waals surface area contributed by atoms with Crippen LogP contribution in [-0.4, -0.2) is 34.5 Å². The van der Waals surface area contributed by atoms with Gasteiger partial charge in [0.1, 0.15) is 11.6 Å². The van der Waals surface area contributed by atoms with E-state index in [1.807, 2.05) is 35.7 Å². The molecule has 2 aromatic rings. The first-order valence-corrected chi connectivity index (χ1v) is 7.73. The molecule has 1 saturated heterocycles. The van der Waals surface area contributed by atoms with Gasteiger partial charge in [0.25, 0.3) is 5.91 Å². The fourth-order valence-electron chi connectivity index (χ4n) is 2.31. The lowest BCUT2D eigenvalue weighted by Gasteiger charge is -2.17. The van der Waals surface area contributed by atoms with Crippen LogP contribution in [0.4, 0.5) is 4.79 Å². The van der Waals surface area contributed by atoms with Gasteiger partial charge in [-0.05, 0) is 18.1 Å². The van der Waals surface area contributed by atoms with Gasteiger partial charge in [0, 0.05) is 17.7 Å². The molecule has 112 valence electrons. The van der Waals surface area contributed by atoms with Gasteiger partial charge < -0.3 is 4.74 Å². The largest absolute Gasteiger partial charge is 0.447 e. The number of ether oxygens (including phenoxy) is 1. The number of benzene rings is 1. The maximum Gasteiger partial charge on any atom is 0.417 e. The van der Waals surface area contributed by atoms with Crippen molar-refractivity contribution in [2.75, 3.05) is 6.61 Å². The van der Waals surface area contributed by atoms with Crippen LogP contribution in [0.25, 0.3) is 6.08 Å². The first kappa shape index (κ1) is 14.5. The van der Waals surface area contributed by atoms with E-state index in [4.69, 9.17) is 4.74 Å². The third kappa shape index (κ3) is 3.23. The Hall–Kier alpha value is -2.47. The average molecular weight is 314 g/mol. The number of nitrogens with zero attached hydrogens (tertiary/aromatic N) is 2. The van der Waals surface area contributed by atoms with Crippen molar-refractivity contribution in [3.05, 3.63) is 58.6 Å². The smallest absolute Gasteiger partial charge is 0.417 e. The van der Waals surface area contributed by atoms with Crippen molar-refractivity contribution in [2.24, 2.45) is 0 Å². The van der Waals surface area contributed by atoms with Crippen molar-refractivity contribution in [3.63, 3.8) is 0 Å². The summed E-state index contributed by atoms with van der Waals surface area (Å²) in [6, 6.07) is 9.46. The van der Waals surface area contributed by atoms with E-state index < -0.39 is 6.09 Å². The summed E-state index contributed by atoms with van der Waals surface area (Å²) >= 11 is 1.43. The van der Waals surface area contributed by atoms with Gasteiger partial charge in [0.05, 0.1) is 6.04 Å². The van der Waals surface area contributed by atoms with Crippen molar-refractivity contribution in [1.29, 1.82) is 0 Å². The van der Waals surface area contributed by atoms with E-state index in [1.54, 1.807) is 12.3 Å². The Kier molecular flexibility index (Phi) is 4.29. The molecule has 1 aromatic carbocycles. The average Bonchev–Trinajstić information content (AvgIpc) is 3.16. The molecule has 0 unspecified atom stereocenters. The van der Waals surface area contributed by atoms with Crippen molar-refractivity contribution < 1.29 is 14.3 Å². The summed E-state index contributed by atoms with van der Waals surface area (Å²) in [6.45, 7) is 0.227. The monoisotopic (exact) mass is 314 g/mol. The topological polar surface area (TPSA) is 59.5 Å². The summed E-state index contributed by atoms with van der Waals surface area (Å²) < 4.78 is 5.03. The molecule has 0 N–H and O–H groups in total. The number of carbonyl (C=O) groups is 2. The van der Waals surface area contributed by atoms with Crippen molar-refractivity contribution in [3.8, 4) is 0 Å². The highest BCUT2D eigenvalue weighted by Gasteiger charge is 2.36. The molecular formula is C16H14N2O3S. The molecule has 3 rings (SSSR count). The van der Waals surface area contributed by atoms with Crippen LogP contribution in [-0.2, 0) is 16.0 Å². The number of cyclic esters (lactones) is 1. The SMILES string of the molecule is O=C(/C=C/c1nccs1)N1C(=O)OC[C@H]1Cc1ccccc1. The lowest BCUT2D eigenvalue weighted by molar-refractivity contribution is -0.124. The summed E-state index contributed by atoms with van der Waals surface area (Å²) in [5, 5.41) is 2.55. The molecule has 0 spiro atoms. The molecule has 6 heteroatoms. The second kappa shape index (κ2) is 6.53. The van der Waals surface area contributed by atoms with Crippen molar-refractivity contribution in [1.82, 2.24) is 9.88 Å². The van der Waals surface area contributed by atoms with E-state index in [9.17, 15) is 9.59 Å². The van der Waals surface area contributed by atoms with Gasteiger partial charge in [-0.25, -0.2) is 14.7 Å². The number of carbonyl (C=O) groups excluding carboxylic acids is 2. The zero-order chi connectivity index (χ0) is 15.4. The number of amides is 2. The molecule has 2 heterocycles. The van der Waals surface area contributed by atoms with Gasteiger partial charge in [-0.3, -0.25) is 4.79 Å². The molecule has 0 aliphatic carbocycles. The molecule has 1 atom stereocenters. The summed E-state index contributed by atoms with van der Waals surface area (Å²) in [5.74, 6) is -0.376. The lowest BCUT2D eigenvalue weighted by atomic mass is 10.1. The predicted molar refractivity (Wildman–Crippen MR) is 83.3 cm³/mol. The Balaban J connectivity index is 1.72. The summed E-state index contributed by atoms with van der Waals surface area (Å²) in [4.78, 5) is 29.3. The van der Waals surface area contributed by atoms with Crippen LogP contribution < -0.4 is 0 Å². The molecule has 5 nitrogen and oxygen atoms in total. The maximum atomic E-state index is 12.3. The van der Waals surface area contributed by atoms with Crippen LogP contribution in [0.15, 0.2) is 48.0 Å². The quantitative estimate of drug-likeness (QED) is 0.814. The minimum absolute atomic E-state index is 0.227. The summed E-state index contributed by atoms with van der Waals surface area (Å²) in [6.07, 6.45) is 4.64. The fourth-order valence-corrected chi connectivity index (χ4v) is 2.84. The van der Waals surface area contributed by atoms with Gasteiger partial charge in [-0.2, -0.15) is 0 Å². The van der Waals surface area contributed by atoms with Crippen LogP contribution >= 0.6 is 11.3 Å². The highest BCUT2D eigenvalue weighted by atomic mass is 32.1. The van der Waals surface area contributed by atoms with Crippen LogP contribution in [0.3, 0.4) is 0 Å². The van der Waals surface area contributed by atoms with Crippen LogP contribution in [0.2, 0.25) is 0 Å². The standard InChI is InChI=1S/C16H14N2O3S/c19-15(7-6-14-17-8-9-22-14)18-13(11-21-16(18)20)10-12-4-2-1-3-5-12/h1-9,13H,10-11H2/b7-6+/t13-/m1/s1. The summed E-state index contributed by atoms with van der Waals surface area (Å²) in [7, 11) is 0. The van der Waals surface area contributed by atoms with E-state index >= 15 is 0 Å². The van der Waals surface area contributed by atoms with Gasteiger partial charge in [0.2, 0.25) is 0 Å². The minimum Gasteiger partial charge on any atom is -0.447 e. The van der Waals surface area contributed by atoms with E-state index in [0.29, 0.717) is 6.42 Å². The lowest BCUT2D eigenvalue weighted by Crippen LogP contribution is -2.39. The third-order valence-electron chi connectivity index (χ3n) is 3.33. The van der Waals surface area contributed by atoms with Crippen molar-refractivity contribution in [2.45, 2.75) is 12.5 Å². The Morgan fingerprint density at radius 2 is 2.23 bits per heavy atom. The predicted octanol–water partition coefficient (Wildman–Crippen LogP) is 2.75. The second-order valence-corrected chi connectivity index (χ2v) is 5.76. The third-order valence-corrected chi connectivity index (χ3v) is 4.07. The molecule has 22 heavy (non-hydrogen) atoms. The highest BCUT2D eigenvalue weighted by molar-refractivity contribution is 7.10. The molecule has 1 fully saturated rings. The van der Waals surface area contributed by atoms with E-state index in [0.717, 1.165) is 10.6 Å². The van der Waals surface area contributed by atoms with E-state index in [-0.39, 0.29) is 18.6 Å². The molecule has 1 aliphatic heterocycles. The molecule has 1 aliphatic rings. The molecule has 1 aromatic heterocycles. The number of hydrogen-bond acceptors (Lipinski definition) is 5. The van der Waals surface area contributed by atoms with Gasteiger partial charge in [-0.1, -0.05) is 30.3 Å². The first-order valence-electron chi connectivity index (χ1n) is 6.85. The molecule has 2 amide bonds.